The van der Waals surface area contributed by atoms with Crippen molar-refractivity contribution in [1.29, 1.82) is 0 Å². The van der Waals surface area contributed by atoms with Crippen LogP contribution in [0.4, 0.5) is 0 Å². The molecule has 1 aromatic rings. The maximum Gasteiger partial charge on any atom is 0.243 e. The Morgan fingerprint density at radius 1 is 1.56 bits per heavy atom. The number of rotatable bonds is 6. The Morgan fingerprint density at radius 2 is 2.25 bits per heavy atom. The first kappa shape index (κ1) is 13.1. The molecule has 7 heteroatoms. The zero-order valence-electron chi connectivity index (χ0n) is 9.42. The molecule has 1 rings (SSSR count). The summed E-state index contributed by atoms with van der Waals surface area (Å²) >= 11 is 0. The number of hydrogen-bond donors (Lipinski definition) is 2. The monoisotopic (exact) mass is 247 g/mol. The maximum absolute atomic E-state index is 11.7. The highest BCUT2D eigenvalue weighted by molar-refractivity contribution is 7.89. The van der Waals surface area contributed by atoms with Crippen LogP contribution in [0.25, 0.3) is 0 Å². The molecule has 0 spiro atoms. The van der Waals surface area contributed by atoms with Crippen LogP contribution < -0.4 is 4.72 Å². The number of aliphatic hydroxyl groups is 1. The van der Waals surface area contributed by atoms with Crippen LogP contribution in [0.5, 0.6) is 0 Å². The lowest BCUT2D eigenvalue weighted by molar-refractivity contribution is 0.277. The van der Waals surface area contributed by atoms with Gasteiger partial charge in [0.2, 0.25) is 10.0 Å². The van der Waals surface area contributed by atoms with Crippen LogP contribution in [0.3, 0.4) is 0 Å². The summed E-state index contributed by atoms with van der Waals surface area (Å²) in [4.78, 5) is 0.152. The second kappa shape index (κ2) is 5.42. The minimum atomic E-state index is -3.46. The fourth-order valence-electron chi connectivity index (χ4n) is 1.22. The molecular weight excluding hydrogens is 230 g/mol. The van der Waals surface area contributed by atoms with E-state index >= 15 is 0 Å². The van der Waals surface area contributed by atoms with E-state index in [1.54, 1.807) is 13.8 Å². The molecule has 1 aromatic heterocycles. The van der Waals surface area contributed by atoms with Crippen LogP contribution in [0.1, 0.15) is 20.3 Å². The van der Waals surface area contributed by atoms with E-state index in [0.29, 0.717) is 13.0 Å². The Kier molecular flexibility index (Phi) is 4.45. The van der Waals surface area contributed by atoms with Crippen LogP contribution >= 0.6 is 0 Å². The minimum Gasteiger partial charge on any atom is -0.396 e. The maximum atomic E-state index is 11.7. The third-order valence-electron chi connectivity index (χ3n) is 1.86. The molecule has 0 amide bonds. The first-order valence-corrected chi connectivity index (χ1v) is 6.59. The van der Waals surface area contributed by atoms with Gasteiger partial charge in [-0.15, -0.1) is 0 Å². The third kappa shape index (κ3) is 3.58. The average molecular weight is 247 g/mol. The molecule has 0 aliphatic carbocycles. The summed E-state index contributed by atoms with van der Waals surface area (Å²) in [6.45, 7) is 4.08. The fourth-order valence-corrected chi connectivity index (χ4v) is 2.42. The molecule has 0 aliphatic heterocycles. The zero-order chi connectivity index (χ0) is 12.2. The molecule has 0 saturated carbocycles. The van der Waals surface area contributed by atoms with Crippen molar-refractivity contribution in [3.05, 3.63) is 12.4 Å². The SMILES string of the molecule is CC(C)NS(=O)(=O)c1cnn(CCCO)c1. The van der Waals surface area contributed by atoms with Crippen molar-refractivity contribution < 1.29 is 13.5 Å². The molecule has 0 bridgehead atoms. The lowest BCUT2D eigenvalue weighted by Gasteiger charge is -2.06. The molecule has 0 aromatic carbocycles. The van der Waals surface area contributed by atoms with Gasteiger partial charge in [-0.2, -0.15) is 5.10 Å². The summed E-state index contributed by atoms with van der Waals surface area (Å²) in [5, 5.41) is 12.6. The minimum absolute atomic E-state index is 0.0617. The predicted molar refractivity (Wildman–Crippen MR) is 59.4 cm³/mol. The van der Waals surface area contributed by atoms with E-state index < -0.39 is 10.0 Å². The molecule has 0 atom stereocenters. The van der Waals surface area contributed by atoms with Gasteiger partial charge in [0, 0.05) is 25.4 Å². The van der Waals surface area contributed by atoms with Gasteiger partial charge < -0.3 is 5.11 Å². The summed E-state index contributed by atoms with van der Waals surface area (Å²) in [5.74, 6) is 0. The normalized spacial score (nSPS) is 12.2. The number of aliphatic hydroxyl groups excluding tert-OH is 1. The van der Waals surface area contributed by atoms with E-state index in [2.05, 4.69) is 9.82 Å². The van der Waals surface area contributed by atoms with Crippen molar-refractivity contribution >= 4 is 10.0 Å². The van der Waals surface area contributed by atoms with Crippen molar-refractivity contribution in [1.82, 2.24) is 14.5 Å². The van der Waals surface area contributed by atoms with Crippen LogP contribution in [0.2, 0.25) is 0 Å². The van der Waals surface area contributed by atoms with Gasteiger partial charge in [0.15, 0.2) is 0 Å². The van der Waals surface area contributed by atoms with Gasteiger partial charge in [-0.1, -0.05) is 0 Å². The molecule has 0 unspecified atom stereocenters. The summed E-state index contributed by atoms with van der Waals surface area (Å²) in [5.41, 5.74) is 0. The second-order valence-corrected chi connectivity index (χ2v) is 5.51. The highest BCUT2D eigenvalue weighted by Gasteiger charge is 2.17. The highest BCUT2D eigenvalue weighted by atomic mass is 32.2. The molecule has 0 aliphatic rings. The number of hydrogen-bond acceptors (Lipinski definition) is 4. The van der Waals surface area contributed by atoms with Gasteiger partial charge in [-0.25, -0.2) is 13.1 Å². The average Bonchev–Trinajstić information content (AvgIpc) is 2.61. The quantitative estimate of drug-likeness (QED) is 0.738. The molecule has 2 N–H and O–H groups in total. The van der Waals surface area contributed by atoms with Crippen molar-refractivity contribution in [2.45, 2.75) is 37.8 Å². The van der Waals surface area contributed by atoms with E-state index in [1.165, 1.54) is 17.1 Å². The molecule has 0 saturated heterocycles. The smallest absolute Gasteiger partial charge is 0.243 e. The summed E-state index contributed by atoms with van der Waals surface area (Å²) in [6.07, 6.45) is 3.32. The van der Waals surface area contributed by atoms with Crippen molar-refractivity contribution in [3.8, 4) is 0 Å². The summed E-state index contributed by atoms with van der Waals surface area (Å²) in [7, 11) is -3.46. The van der Waals surface area contributed by atoms with Crippen molar-refractivity contribution in [2.75, 3.05) is 6.61 Å². The Morgan fingerprint density at radius 3 is 2.81 bits per heavy atom. The Bertz CT molecular complexity index is 425. The van der Waals surface area contributed by atoms with Crippen molar-refractivity contribution in [3.63, 3.8) is 0 Å². The first-order chi connectivity index (χ1) is 7.45. The topological polar surface area (TPSA) is 84.2 Å². The van der Waals surface area contributed by atoms with E-state index in [4.69, 9.17) is 5.11 Å². The third-order valence-corrected chi connectivity index (χ3v) is 3.47. The predicted octanol–water partition coefficient (Wildman–Crippen LogP) is -0.0478. The molecular formula is C9H17N3O3S. The van der Waals surface area contributed by atoms with Gasteiger partial charge in [-0.05, 0) is 20.3 Å². The molecule has 16 heavy (non-hydrogen) atoms. The summed E-state index contributed by atoms with van der Waals surface area (Å²) in [6, 6.07) is -0.147. The Hall–Kier alpha value is -0.920. The summed E-state index contributed by atoms with van der Waals surface area (Å²) < 4.78 is 27.4. The fraction of sp³-hybridized carbons (Fsp3) is 0.667. The van der Waals surface area contributed by atoms with E-state index in [0.717, 1.165) is 0 Å². The standard InChI is InChI=1S/C9H17N3O3S/c1-8(2)11-16(14,15)9-6-10-12(7-9)4-3-5-13/h6-8,11,13H,3-5H2,1-2H3. The van der Waals surface area contributed by atoms with Gasteiger partial charge >= 0.3 is 0 Å². The lowest BCUT2D eigenvalue weighted by atomic mass is 10.4. The van der Waals surface area contributed by atoms with Crippen LogP contribution in [-0.2, 0) is 16.6 Å². The molecule has 1 heterocycles. The van der Waals surface area contributed by atoms with Gasteiger partial charge in [0.05, 0.1) is 6.20 Å². The number of nitrogens with zero attached hydrogens (tertiary/aromatic N) is 2. The van der Waals surface area contributed by atoms with E-state index in [-0.39, 0.29) is 17.5 Å². The molecule has 92 valence electrons. The van der Waals surface area contributed by atoms with Crippen molar-refractivity contribution in [2.24, 2.45) is 0 Å². The molecule has 0 radical (unpaired) electrons. The van der Waals surface area contributed by atoms with E-state index in [9.17, 15) is 8.42 Å². The number of aryl methyl sites for hydroxylation is 1. The highest BCUT2D eigenvalue weighted by Crippen LogP contribution is 2.07. The van der Waals surface area contributed by atoms with Crippen LogP contribution in [-0.4, -0.2) is 36.0 Å². The van der Waals surface area contributed by atoms with Crippen LogP contribution in [0.15, 0.2) is 17.3 Å². The van der Waals surface area contributed by atoms with Crippen LogP contribution in [0, 0.1) is 0 Å². The van der Waals surface area contributed by atoms with Gasteiger partial charge in [0.25, 0.3) is 0 Å². The lowest BCUT2D eigenvalue weighted by Crippen LogP contribution is -2.29. The number of sulfonamides is 1. The molecule has 0 fully saturated rings. The second-order valence-electron chi connectivity index (χ2n) is 3.79. The number of aromatic nitrogens is 2. The van der Waals surface area contributed by atoms with Gasteiger partial charge in [-0.3, -0.25) is 4.68 Å². The van der Waals surface area contributed by atoms with E-state index in [1.807, 2.05) is 0 Å². The van der Waals surface area contributed by atoms with Gasteiger partial charge in [0.1, 0.15) is 4.90 Å². The first-order valence-electron chi connectivity index (χ1n) is 5.11. The largest absolute Gasteiger partial charge is 0.396 e. The molecule has 6 nitrogen and oxygen atoms in total. The zero-order valence-corrected chi connectivity index (χ0v) is 10.2. The Labute approximate surface area is 95.3 Å². The Balaban J connectivity index is 2.77. The number of nitrogens with one attached hydrogen (secondary N) is 1.